The lowest BCUT2D eigenvalue weighted by Gasteiger charge is -2.29. The topological polar surface area (TPSA) is 66.6 Å². The summed E-state index contributed by atoms with van der Waals surface area (Å²) in [5.41, 5.74) is 2.34. The van der Waals surface area contributed by atoms with Gasteiger partial charge in [-0.05, 0) is 24.0 Å². The van der Waals surface area contributed by atoms with E-state index in [0.29, 0.717) is 13.1 Å². The molecule has 0 bridgehead atoms. The lowest BCUT2D eigenvalue weighted by molar-refractivity contribution is -0.385. The van der Waals surface area contributed by atoms with Crippen molar-refractivity contribution in [1.82, 2.24) is 4.90 Å². The van der Waals surface area contributed by atoms with Crippen LogP contribution in [0.15, 0.2) is 18.2 Å². The van der Waals surface area contributed by atoms with E-state index in [1.54, 1.807) is 12.1 Å². The molecule has 1 N–H and O–H groups in total. The fourth-order valence-corrected chi connectivity index (χ4v) is 2.30. The van der Waals surface area contributed by atoms with Gasteiger partial charge in [-0.3, -0.25) is 15.0 Å². The highest BCUT2D eigenvalue weighted by molar-refractivity contribution is 5.41. The zero-order valence-corrected chi connectivity index (χ0v) is 10.5. The number of fused-ring (bicyclic) bond motifs is 1. The molecule has 1 aliphatic heterocycles. The molecular formula is C13H18N2O3. The fraction of sp³-hybridized carbons (Fsp3) is 0.538. The van der Waals surface area contributed by atoms with Gasteiger partial charge in [0, 0.05) is 31.8 Å². The van der Waals surface area contributed by atoms with Gasteiger partial charge in [-0.15, -0.1) is 0 Å². The Kier molecular flexibility index (Phi) is 3.93. The van der Waals surface area contributed by atoms with E-state index in [1.807, 2.05) is 13.0 Å². The molecule has 1 heterocycles. The number of nitrogens with zero attached hydrogens (tertiary/aromatic N) is 2. The minimum Gasteiger partial charge on any atom is -0.392 e. The van der Waals surface area contributed by atoms with Crippen molar-refractivity contribution in [3.05, 3.63) is 39.4 Å². The van der Waals surface area contributed by atoms with Crippen LogP contribution in [0.1, 0.15) is 24.5 Å². The summed E-state index contributed by atoms with van der Waals surface area (Å²) >= 11 is 0. The highest BCUT2D eigenvalue weighted by Crippen LogP contribution is 2.23. The van der Waals surface area contributed by atoms with Crippen molar-refractivity contribution < 1.29 is 10.0 Å². The molecule has 0 spiro atoms. The first-order valence-electron chi connectivity index (χ1n) is 6.26. The number of hydrogen-bond donors (Lipinski definition) is 1. The number of rotatable bonds is 4. The van der Waals surface area contributed by atoms with Gasteiger partial charge in [0.05, 0.1) is 11.0 Å². The molecular weight excluding hydrogens is 232 g/mol. The van der Waals surface area contributed by atoms with Gasteiger partial charge in [0.1, 0.15) is 0 Å². The second kappa shape index (κ2) is 5.46. The smallest absolute Gasteiger partial charge is 0.269 e. The van der Waals surface area contributed by atoms with Gasteiger partial charge < -0.3 is 5.11 Å². The highest BCUT2D eigenvalue weighted by Gasteiger charge is 2.20. The average Bonchev–Trinajstić information content (AvgIpc) is 2.37. The molecule has 0 aromatic heterocycles. The maximum absolute atomic E-state index is 10.7. The largest absolute Gasteiger partial charge is 0.392 e. The van der Waals surface area contributed by atoms with E-state index in [9.17, 15) is 15.2 Å². The van der Waals surface area contributed by atoms with Crippen LogP contribution in [0.25, 0.3) is 0 Å². The molecule has 1 aliphatic rings. The van der Waals surface area contributed by atoms with Crippen LogP contribution in [0, 0.1) is 10.1 Å². The van der Waals surface area contributed by atoms with Gasteiger partial charge >= 0.3 is 0 Å². The summed E-state index contributed by atoms with van der Waals surface area (Å²) in [6.45, 7) is 4.18. The SMILES string of the molecule is CC[C@H](O)CN1CCc2ccc([N+](=O)[O-])cc2C1. The van der Waals surface area contributed by atoms with Crippen LogP contribution in [-0.2, 0) is 13.0 Å². The number of nitro benzene ring substituents is 1. The van der Waals surface area contributed by atoms with Gasteiger partial charge in [-0.2, -0.15) is 0 Å². The molecule has 1 atom stereocenters. The second-order valence-corrected chi connectivity index (χ2v) is 4.76. The van der Waals surface area contributed by atoms with Crippen molar-refractivity contribution >= 4 is 5.69 Å². The van der Waals surface area contributed by atoms with E-state index in [-0.39, 0.29) is 16.7 Å². The maximum Gasteiger partial charge on any atom is 0.269 e. The van der Waals surface area contributed by atoms with Crippen molar-refractivity contribution in [1.29, 1.82) is 0 Å². The third-order valence-corrected chi connectivity index (χ3v) is 3.43. The number of aliphatic hydroxyl groups excluding tert-OH is 1. The average molecular weight is 250 g/mol. The number of non-ortho nitro benzene ring substituents is 1. The summed E-state index contributed by atoms with van der Waals surface area (Å²) in [7, 11) is 0. The quantitative estimate of drug-likeness (QED) is 0.652. The monoisotopic (exact) mass is 250 g/mol. The highest BCUT2D eigenvalue weighted by atomic mass is 16.6. The first kappa shape index (κ1) is 13.0. The third kappa shape index (κ3) is 2.86. The van der Waals surface area contributed by atoms with Gasteiger partial charge in [0.25, 0.3) is 5.69 Å². The summed E-state index contributed by atoms with van der Waals surface area (Å²) in [6.07, 6.45) is 1.31. The molecule has 98 valence electrons. The molecule has 1 aromatic rings. The van der Waals surface area contributed by atoms with Crippen LogP contribution in [0.2, 0.25) is 0 Å². The Bertz CT molecular complexity index is 448. The summed E-state index contributed by atoms with van der Waals surface area (Å²) < 4.78 is 0. The van der Waals surface area contributed by atoms with E-state index < -0.39 is 0 Å². The Labute approximate surface area is 106 Å². The molecule has 0 saturated carbocycles. The number of aliphatic hydroxyl groups is 1. The van der Waals surface area contributed by atoms with E-state index in [0.717, 1.165) is 24.9 Å². The molecule has 0 saturated heterocycles. The first-order valence-corrected chi connectivity index (χ1v) is 6.26. The molecule has 0 radical (unpaired) electrons. The molecule has 2 rings (SSSR count). The van der Waals surface area contributed by atoms with Gasteiger partial charge in [0.15, 0.2) is 0 Å². The molecule has 18 heavy (non-hydrogen) atoms. The number of benzene rings is 1. The predicted molar refractivity (Wildman–Crippen MR) is 68.4 cm³/mol. The van der Waals surface area contributed by atoms with E-state index in [4.69, 9.17) is 0 Å². The normalized spacial score (nSPS) is 17.2. The number of β-amino-alcohol motifs (C(OH)–C–C–N with tert-alkyl or cyclic N) is 1. The standard InChI is InChI=1S/C13H18N2O3/c1-2-13(16)9-14-6-5-10-3-4-12(15(17)18)7-11(10)8-14/h3-4,7,13,16H,2,5-6,8-9H2,1H3/t13-/m0/s1. The molecule has 1 aromatic carbocycles. The van der Waals surface area contributed by atoms with E-state index in [1.165, 1.54) is 5.56 Å². The minimum absolute atomic E-state index is 0.145. The molecule has 5 heteroatoms. The van der Waals surface area contributed by atoms with Gasteiger partial charge in [0.2, 0.25) is 0 Å². The summed E-state index contributed by atoms with van der Waals surface area (Å²) in [6, 6.07) is 5.07. The fourth-order valence-electron chi connectivity index (χ4n) is 2.30. The molecule has 0 aliphatic carbocycles. The summed E-state index contributed by atoms with van der Waals surface area (Å²) in [4.78, 5) is 12.5. The number of nitro groups is 1. The molecule has 5 nitrogen and oxygen atoms in total. The Balaban J connectivity index is 2.12. The summed E-state index contributed by atoms with van der Waals surface area (Å²) in [5.74, 6) is 0. The zero-order chi connectivity index (χ0) is 13.1. The van der Waals surface area contributed by atoms with Crippen LogP contribution in [0.5, 0.6) is 0 Å². The van der Waals surface area contributed by atoms with E-state index in [2.05, 4.69) is 4.90 Å². The van der Waals surface area contributed by atoms with Crippen molar-refractivity contribution in [2.75, 3.05) is 13.1 Å². The number of hydrogen-bond acceptors (Lipinski definition) is 4. The molecule has 0 fully saturated rings. The van der Waals surface area contributed by atoms with Crippen LogP contribution in [0.4, 0.5) is 5.69 Å². The van der Waals surface area contributed by atoms with Crippen molar-refractivity contribution in [3.63, 3.8) is 0 Å². The summed E-state index contributed by atoms with van der Waals surface area (Å²) in [5, 5.41) is 20.4. The Hall–Kier alpha value is -1.46. The van der Waals surface area contributed by atoms with E-state index >= 15 is 0 Å². The minimum atomic E-state index is -0.361. The Morgan fingerprint density at radius 1 is 1.50 bits per heavy atom. The van der Waals surface area contributed by atoms with Crippen LogP contribution in [-0.4, -0.2) is 34.1 Å². The lowest BCUT2D eigenvalue weighted by Crippen LogP contribution is -2.36. The van der Waals surface area contributed by atoms with Gasteiger partial charge in [-0.25, -0.2) is 0 Å². The Morgan fingerprint density at radius 2 is 2.28 bits per heavy atom. The predicted octanol–water partition coefficient (Wildman–Crippen LogP) is 1.72. The first-order chi connectivity index (χ1) is 8.60. The second-order valence-electron chi connectivity index (χ2n) is 4.76. The van der Waals surface area contributed by atoms with Crippen molar-refractivity contribution in [3.8, 4) is 0 Å². The zero-order valence-electron chi connectivity index (χ0n) is 10.5. The van der Waals surface area contributed by atoms with Crippen molar-refractivity contribution in [2.24, 2.45) is 0 Å². The Morgan fingerprint density at radius 3 is 2.94 bits per heavy atom. The third-order valence-electron chi connectivity index (χ3n) is 3.43. The maximum atomic E-state index is 10.7. The van der Waals surface area contributed by atoms with Gasteiger partial charge in [-0.1, -0.05) is 13.0 Å². The molecule has 0 amide bonds. The van der Waals surface area contributed by atoms with Crippen molar-refractivity contribution in [2.45, 2.75) is 32.4 Å². The molecule has 0 unspecified atom stereocenters. The van der Waals surface area contributed by atoms with Crippen LogP contribution >= 0.6 is 0 Å². The van der Waals surface area contributed by atoms with Crippen LogP contribution in [0.3, 0.4) is 0 Å². The van der Waals surface area contributed by atoms with Crippen LogP contribution < -0.4 is 0 Å². The lowest BCUT2D eigenvalue weighted by atomic mass is 9.99.